The van der Waals surface area contributed by atoms with Crippen LogP contribution >= 0.6 is 0 Å². The summed E-state index contributed by atoms with van der Waals surface area (Å²) in [5, 5.41) is 3.00. The summed E-state index contributed by atoms with van der Waals surface area (Å²) in [4.78, 5) is 28.4. The molecule has 1 aromatic rings. The van der Waals surface area contributed by atoms with Crippen molar-refractivity contribution in [3.05, 3.63) is 23.7 Å². The van der Waals surface area contributed by atoms with E-state index in [1.165, 1.54) is 32.2 Å². The van der Waals surface area contributed by atoms with Gasteiger partial charge in [0.1, 0.15) is 5.76 Å². The van der Waals surface area contributed by atoms with Gasteiger partial charge in [-0.3, -0.25) is 9.59 Å². The van der Waals surface area contributed by atoms with Crippen molar-refractivity contribution in [2.45, 2.75) is 45.1 Å². The van der Waals surface area contributed by atoms with Crippen LogP contribution in [0.25, 0.3) is 0 Å². The number of carbonyl (C=O) groups excluding carboxylic acids is 2. The van der Waals surface area contributed by atoms with Crippen LogP contribution in [0.1, 0.15) is 48.2 Å². The van der Waals surface area contributed by atoms with E-state index in [1.54, 1.807) is 22.8 Å². The maximum absolute atomic E-state index is 12.9. The van der Waals surface area contributed by atoms with Crippen molar-refractivity contribution in [2.24, 2.45) is 0 Å². The Balaban J connectivity index is 1.48. The highest BCUT2D eigenvalue weighted by atomic mass is 16.5. The van der Waals surface area contributed by atoms with Gasteiger partial charge in [-0.25, -0.2) is 0 Å². The van der Waals surface area contributed by atoms with Crippen LogP contribution in [0.5, 0.6) is 0 Å². The first-order chi connectivity index (χ1) is 13.1. The van der Waals surface area contributed by atoms with E-state index < -0.39 is 0 Å². The van der Waals surface area contributed by atoms with Crippen molar-refractivity contribution in [1.82, 2.24) is 10.2 Å². The monoisotopic (exact) mass is 378 g/mol. The summed E-state index contributed by atoms with van der Waals surface area (Å²) in [6, 6.07) is 1.69. The van der Waals surface area contributed by atoms with Crippen molar-refractivity contribution in [2.75, 3.05) is 45.9 Å². The number of furan rings is 1. The summed E-state index contributed by atoms with van der Waals surface area (Å²) >= 11 is 0. The Hall–Kier alpha value is -1.86. The van der Waals surface area contributed by atoms with E-state index in [0.717, 1.165) is 26.0 Å². The molecule has 7 heteroatoms. The molecule has 150 valence electrons. The molecule has 2 aliphatic heterocycles. The SMILES string of the molecule is Cc1occc1C(=O)N(CCC(=O)NCC[NH+]1CCCC1)C[C@@H]1CCCO1. The van der Waals surface area contributed by atoms with E-state index in [0.29, 0.717) is 37.4 Å². The number of ether oxygens (including phenoxy) is 1. The highest BCUT2D eigenvalue weighted by Gasteiger charge is 2.25. The minimum absolute atomic E-state index is 0.00246. The Morgan fingerprint density at radius 3 is 2.78 bits per heavy atom. The molecule has 0 unspecified atom stereocenters. The fraction of sp³-hybridized carbons (Fsp3) is 0.700. The predicted octanol–water partition coefficient (Wildman–Crippen LogP) is 0.394. The molecule has 2 amide bonds. The zero-order chi connectivity index (χ0) is 19.1. The molecular formula is C20H32N3O4+. The van der Waals surface area contributed by atoms with Gasteiger partial charge in [0.2, 0.25) is 5.91 Å². The summed E-state index contributed by atoms with van der Waals surface area (Å²) < 4.78 is 11.0. The lowest BCUT2D eigenvalue weighted by Crippen LogP contribution is -3.10. The second-order valence-electron chi connectivity index (χ2n) is 7.58. The molecule has 0 aliphatic carbocycles. The van der Waals surface area contributed by atoms with Crippen LogP contribution in [0.4, 0.5) is 0 Å². The van der Waals surface area contributed by atoms with Crippen LogP contribution in [-0.4, -0.2) is 68.7 Å². The number of aryl methyl sites for hydroxylation is 1. The summed E-state index contributed by atoms with van der Waals surface area (Å²) in [6.45, 7) is 7.56. The van der Waals surface area contributed by atoms with E-state index >= 15 is 0 Å². The van der Waals surface area contributed by atoms with E-state index in [1.807, 2.05) is 0 Å². The first-order valence-corrected chi connectivity index (χ1v) is 10.2. The lowest BCUT2D eigenvalue weighted by molar-refractivity contribution is -0.886. The fourth-order valence-corrected chi connectivity index (χ4v) is 3.92. The fourth-order valence-electron chi connectivity index (χ4n) is 3.92. The normalized spacial score (nSPS) is 20.1. The average molecular weight is 378 g/mol. The van der Waals surface area contributed by atoms with Crippen LogP contribution in [0, 0.1) is 6.92 Å². The molecule has 3 heterocycles. The molecule has 0 saturated carbocycles. The molecule has 2 N–H and O–H groups in total. The molecule has 0 aromatic carbocycles. The Morgan fingerprint density at radius 1 is 1.30 bits per heavy atom. The summed E-state index contributed by atoms with van der Waals surface area (Å²) in [5.41, 5.74) is 0.561. The van der Waals surface area contributed by atoms with Crippen molar-refractivity contribution in [3.63, 3.8) is 0 Å². The molecule has 2 aliphatic rings. The summed E-state index contributed by atoms with van der Waals surface area (Å²) in [6.07, 6.45) is 6.46. The number of hydrogen-bond acceptors (Lipinski definition) is 4. The molecule has 2 saturated heterocycles. The minimum atomic E-state index is -0.0916. The molecule has 27 heavy (non-hydrogen) atoms. The highest BCUT2D eigenvalue weighted by molar-refractivity contribution is 5.95. The number of nitrogens with zero attached hydrogens (tertiary/aromatic N) is 1. The Morgan fingerprint density at radius 2 is 2.11 bits per heavy atom. The van der Waals surface area contributed by atoms with Crippen molar-refractivity contribution < 1.29 is 23.6 Å². The Kier molecular flexibility index (Phi) is 7.29. The maximum Gasteiger partial charge on any atom is 0.257 e. The van der Waals surface area contributed by atoms with Gasteiger partial charge < -0.3 is 24.3 Å². The van der Waals surface area contributed by atoms with E-state index in [4.69, 9.17) is 9.15 Å². The summed E-state index contributed by atoms with van der Waals surface area (Å²) in [5.74, 6) is 0.518. The maximum atomic E-state index is 12.9. The van der Waals surface area contributed by atoms with E-state index in [-0.39, 0.29) is 17.9 Å². The highest BCUT2D eigenvalue weighted by Crippen LogP contribution is 2.17. The molecule has 7 nitrogen and oxygen atoms in total. The third-order valence-corrected chi connectivity index (χ3v) is 5.54. The van der Waals surface area contributed by atoms with Crippen molar-refractivity contribution in [3.8, 4) is 0 Å². The molecule has 0 radical (unpaired) electrons. The second kappa shape index (κ2) is 9.90. The quantitative estimate of drug-likeness (QED) is 0.652. The zero-order valence-electron chi connectivity index (χ0n) is 16.3. The van der Waals surface area contributed by atoms with Gasteiger partial charge in [0.25, 0.3) is 5.91 Å². The first kappa shape index (κ1) is 19.9. The van der Waals surface area contributed by atoms with Gasteiger partial charge in [0.05, 0.1) is 44.1 Å². The van der Waals surface area contributed by atoms with Crippen LogP contribution in [0.2, 0.25) is 0 Å². The Labute approximate surface area is 161 Å². The van der Waals surface area contributed by atoms with Gasteiger partial charge in [-0.05, 0) is 25.8 Å². The first-order valence-electron chi connectivity index (χ1n) is 10.2. The smallest absolute Gasteiger partial charge is 0.257 e. The number of nitrogens with one attached hydrogen (secondary N) is 2. The van der Waals surface area contributed by atoms with Gasteiger partial charge in [-0.15, -0.1) is 0 Å². The number of likely N-dealkylation sites (tertiary alicyclic amines) is 1. The lowest BCUT2D eigenvalue weighted by atomic mass is 10.1. The topological polar surface area (TPSA) is 76.2 Å². The number of hydrogen-bond donors (Lipinski definition) is 2. The largest absolute Gasteiger partial charge is 0.469 e. The third kappa shape index (κ3) is 5.81. The molecule has 0 bridgehead atoms. The molecule has 1 atom stereocenters. The van der Waals surface area contributed by atoms with Gasteiger partial charge >= 0.3 is 0 Å². The summed E-state index contributed by atoms with van der Waals surface area (Å²) in [7, 11) is 0. The lowest BCUT2D eigenvalue weighted by Gasteiger charge is -2.25. The Bertz CT molecular complexity index is 618. The molecule has 2 fully saturated rings. The van der Waals surface area contributed by atoms with E-state index in [2.05, 4.69) is 5.32 Å². The van der Waals surface area contributed by atoms with Gasteiger partial charge in [-0.1, -0.05) is 0 Å². The van der Waals surface area contributed by atoms with Crippen LogP contribution in [0.15, 0.2) is 16.7 Å². The van der Waals surface area contributed by atoms with Gasteiger partial charge in [-0.2, -0.15) is 0 Å². The number of rotatable bonds is 9. The second-order valence-corrected chi connectivity index (χ2v) is 7.58. The van der Waals surface area contributed by atoms with Crippen molar-refractivity contribution in [1.29, 1.82) is 0 Å². The molecular weight excluding hydrogens is 346 g/mol. The zero-order valence-corrected chi connectivity index (χ0v) is 16.3. The standard InChI is InChI=1S/C20H31N3O4/c1-16-18(7-14-26-16)20(25)23(15-17-5-4-13-27-17)11-6-19(24)21-8-12-22-9-2-3-10-22/h7,14,17H,2-6,8-13,15H2,1H3,(H,21,24)/p+1/t17-/m0/s1. The number of carbonyl (C=O) groups is 2. The molecule has 0 spiro atoms. The minimum Gasteiger partial charge on any atom is -0.469 e. The average Bonchev–Trinajstić information content (AvgIpc) is 3.41. The van der Waals surface area contributed by atoms with Gasteiger partial charge in [0.15, 0.2) is 0 Å². The van der Waals surface area contributed by atoms with Crippen LogP contribution in [0.3, 0.4) is 0 Å². The third-order valence-electron chi connectivity index (χ3n) is 5.54. The van der Waals surface area contributed by atoms with Crippen molar-refractivity contribution >= 4 is 11.8 Å². The van der Waals surface area contributed by atoms with Gasteiger partial charge in [0, 0.05) is 39.0 Å². The van der Waals surface area contributed by atoms with Crippen LogP contribution in [-0.2, 0) is 9.53 Å². The van der Waals surface area contributed by atoms with E-state index in [9.17, 15) is 9.59 Å². The number of quaternary nitrogens is 1. The van der Waals surface area contributed by atoms with Crippen LogP contribution < -0.4 is 10.2 Å². The molecule has 3 rings (SSSR count). The number of amides is 2. The predicted molar refractivity (Wildman–Crippen MR) is 101 cm³/mol. The molecule has 1 aromatic heterocycles.